The fourth-order valence-electron chi connectivity index (χ4n) is 4.44. The van der Waals surface area contributed by atoms with E-state index in [1.54, 1.807) is 24.1 Å². The minimum absolute atomic E-state index is 0.0475. The van der Waals surface area contributed by atoms with E-state index in [4.69, 9.17) is 32.7 Å². The molecule has 2 aromatic heterocycles. The van der Waals surface area contributed by atoms with Crippen LogP contribution >= 0.6 is 23.2 Å². The van der Waals surface area contributed by atoms with Gasteiger partial charge in [-0.05, 0) is 58.7 Å². The van der Waals surface area contributed by atoms with Crippen LogP contribution < -0.4 is 9.46 Å². The van der Waals surface area contributed by atoms with E-state index in [1.165, 1.54) is 12.3 Å². The zero-order valence-electron chi connectivity index (χ0n) is 23.3. The molecule has 0 aliphatic carbocycles. The van der Waals surface area contributed by atoms with E-state index >= 15 is 0 Å². The highest BCUT2D eigenvalue weighted by Gasteiger charge is 2.28. The number of anilines is 1. The fourth-order valence-corrected chi connectivity index (χ4v) is 5.62. The average Bonchev–Trinajstić information content (AvgIpc) is 3.36. The lowest BCUT2D eigenvalue weighted by atomic mass is 10.1. The summed E-state index contributed by atoms with van der Waals surface area (Å²) in [6, 6.07) is 4.22. The third-order valence-electron chi connectivity index (χ3n) is 6.35. The van der Waals surface area contributed by atoms with Crippen LogP contribution in [0.2, 0.25) is 10.0 Å². The number of aromatic nitrogens is 3. The van der Waals surface area contributed by atoms with Crippen LogP contribution in [-0.4, -0.2) is 59.1 Å². The Bertz CT molecular complexity index is 1540. The molecule has 1 amide bonds. The van der Waals surface area contributed by atoms with Gasteiger partial charge in [0.05, 0.1) is 23.5 Å². The second-order valence-corrected chi connectivity index (χ2v) is 13.4. The van der Waals surface area contributed by atoms with Gasteiger partial charge in [-0.3, -0.25) is 9.40 Å². The van der Waals surface area contributed by atoms with Gasteiger partial charge in [0.25, 0.3) is 0 Å². The number of hydrogen-bond donors (Lipinski definition) is 1. The summed E-state index contributed by atoms with van der Waals surface area (Å²) in [6.07, 6.45) is 6.27. The van der Waals surface area contributed by atoms with E-state index in [0.717, 1.165) is 17.9 Å². The number of amides is 1. The fraction of sp³-hybridized carbons (Fsp3) is 0.444. The lowest BCUT2D eigenvalue weighted by Gasteiger charge is -2.33. The second-order valence-electron chi connectivity index (χ2n) is 10.9. The number of nitrogens with one attached hydrogen (secondary N) is 1. The van der Waals surface area contributed by atoms with Crippen LogP contribution in [-0.2, 0) is 14.8 Å². The van der Waals surface area contributed by atoms with Crippen LogP contribution in [0, 0.1) is 5.82 Å². The highest BCUT2D eigenvalue weighted by molar-refractivity contribution is 7.92. The monoisotopic (exact) mass is 627 g/mol. The number of sulfonamides is 1. The Kier molecular flexibility index (Phi) is 9.05. The number of halogens is 3. The van der Waals surface area contributed by atoms with Crippen molar-refractivity contribution in [2.24, 2.45) is 0 Å². The molecule has 1 fully saturated rings. The normalized spacial score (nSPS) is 15.5. The molecular weight excluding hydrogens is 596 g/mol. The second kappa shape index (κ2) is 12.0. The molecule has 41 heavy (non-hydrogen) atoms. The molecule has 0 bridgehead atoms. The maximum Gasteiger partial charge on any atom is 0.410 e. The zero-order chi connectivity index (χ0) is 30.1. The molecule has 4 rings (SSSR count). The summed E-state index contributed by atoms with van der Waals surface area (Å²) in [5, 5.41) is 4.53. The molecular formula is C27H32Cl2FN5O5S. The third kappa shape index (κ3) is 7.81. The molecule has 14 heteroatoms. The topological polar surface area (TPSA) is 116 Å². The standard InChI is InChI=1S/C27H32Cl2FN5O5S/c1-16(23-20(28)6-7-21(30)24(23)29)39-22-12-17(13-31-25(22)33-41(5,37)38)18-14-32-35(15-18)19-8-10-34(11-9-19)26(36)40-27(2,3)4/h6-7,12-16,19H,8-11H2,1-5H3,(H,31,33)/t16-/m1/s1. The first-order chi connectivity index (χ1) is 19.1. The maximum atomic E-state index is 14.1. The number of carbonyl (C=O) groups excluding carboxylic acids is 1. The van der Waals surface area contributed by atoms with E-state index in [-0.39, 0.29) is 39.3 Å². The van der Waals surface area contributed by atoms with Gasteiger partial charge in [-0.15, -0.1) is 0 Å². The Labute approximate surface area is 248 Å². The van der Waals surface area contributed by atoms with Crippen molar-refractivity contribution in [1.82, 2.24) is 19.7 Å². The van der Waals surface area contributed by atoms with Crippen LogP contribution in [0.3, 0.4) is 0 Å². The van der Waals surface area contributed by atoms with Crippen LogP contribution in [0.15, 0.2) is 36.8 Å². The van der Waals surface area contributed by atoms with Crippen molar-refractivity contribution in [3.05, 3.63) is 58.2 Å². The Balaban J connectivity index is 1.55. The first kappa shape index (κ1) is 30.9. The predicted octanol–water partition coefficient (Wildman–Crippen LogP) is 6.47. The number of pyridine rings is 1. The quantitative estimate of drug-likeness (QED) is 0.298. The molecule has 1 atom stereocenters. The van der Waals surface area contributed by atoms with Gasteiger partial charge in [0.15, 0.2) is 11.6 Å². The Morgan fingerprint density at radius 1 is 1.17 bits per heavy atom. The Morgan fingerprint density at radius 2 is 1.85 bits per heavy atom. The molecule has 0 spiro atoms. The molecule has 1 aliphatic heterocycles. The number of likely N-dealkylation sites (tertiary alicyclic amines) is 1. The molecule has 1 saturated heterocycles. The highest BCUT2D eigenvalue weighted by atomic mass is 35.5. The lowest BCUT2D eigenvalue weighted by molar-refractivity contribution is 0.0184. The largest absolute Gasteiger partial charge is 0.482 e. The zero-order valence-corrected chi connectivity index (χ0v) is 25.6. The first-order valence-electron chi connectivity index (χ1n) is 12.9. The van der Waals surface area contributed by atoms with Crippen molar-refractivity contribution in [2.75, 3.05) is 24.1 Å². The molecule has 0 unspecified atom stereocenters. The summed E-state index contributed by atoms with van der Waals surface area (Å²) in [6.45, 7) is 8.22. The van der Waals surface area contributed by atoms with Crippen molar-refractivity contribution in [2.45, 2.75) is 58.3 Å². The molecule has 3 heterocycles. The summed E-state index contributed by atoms with van der Waals surface area (Å²) in [5.41, 5.74) is 0.994. The Morgan fingerprint density at radius 3 is 2.49 bits per heavy atom. The van der Waals surface area contributed by atoms with Gasteiger partial charge in [0, 0.05) is 47.2 Å². The minimum Gasteiger partial charge on any atom is -0.482 e. The smallest absolute Gasteiger partial charge is 0.410 e. The number of piperidine rings is 1. The summed E-state index contributed by atoms with van der Waals surface area (Å²) in [7, 11) is -3.69. The summed E-state index contributed by atoms with van der Waals surface area (Å²) < 4.78 is 53.8. The van der Waals surface area contributed by atoms with Gasteiger partial charge in [-0.1, -0.05) is 23.2 Å². The van der Waals surface area contributed by atoms with E-state index < -0.39 is 27.5 Å². The molecule has 3 aromatic rings. The van der Waals surface area contributed by atoms with Gasteiger partial charge in [-0.25, -0.2) is 22.6 Å². The van der Waals surface area contributed by atoms with Crippen molar-refractivity contribution < 1.29 is 27.1 Å². The molecule has 0 radical (unpaired) electrons. The SMILES string of the molecule is C[C@@H](Oc1cc(-c2cnn(C3CCN(C(=O)OC(C)(C)C)CC3)c2)cnc1NS(C)(=O)=O)c1c(Cl)ccc(F)c1Cl. The lowest BCUT2D eigenvalue weighted by Crippen LogP contribution is -2.42. The molecule has 222 valence electrons. The van der Waals surface area contributed by atoms with Crippen LogP contribution in [0.5, 0.6) is 5.75 Å². The molecule has 10 nitrogen and oxygen atoms in total. The third-order valence-corrected chi connectivity index (χ3v) is 7.63. The summed E-state index contributed by atoms with van der Waals surface area (Å²) in [5.74, 6) is -0.615. The predicted molar refractivity (Wildman–Crippen MR) is 155 cm³/mol. The molecule has 1 aromatic carbocycles. The molecule has 0 saturated carbocycles. The van der Waals surface area contributed by atoms with Crippen LogP contribution in [0.1, 0.15) is 58.2 Å². The van der Waals surface area contributed by atoms with E-state index in [9.17, 15) is 17.6 Å². The number of benzene rings is 1. The van der Waals surface area contributed by atoms with Crippen molar-refractivity contribution in [1.29, 1.82) is 0 Å². The minimum atomic E-state index is -3.69. The maximum absolute atomic E-state index is 14.1. The number of hydrogen-bond acceptors (Lipinski definition) is 7. The van der Waals surface area contributed by atoms with Gasteiger partial charge < -0.3 is 14.4 Å². The van der Waals surface area contributed by atoms with Crippen LogP contribution in [0.25, 0.3) is 11.1 Å². The van der Waals surface area contributed by atoms with Crippen molar-refractivity contribution in [3.8, 4) is 16.9 Å². The molecule has 1 N–H and O–H groups in total. The number of rotatable bonds is 7. The van der Waals surface area contributed by atoms with Gasteiger partial charge in [-0.2, -0.15) is 5.10 Å². The summed E-state index contributed by atoms with van der Waals surface area (Å²) in [4.78, 5) is 18.4. The van der Waals surface area contributed by atoms with Gasteiger partial charge >= 0.3 is 6.09 Å². The van der Waals surface area contributed by atoms with E-state index in [2.05, 4.69) is 14.8 Å². The number of ether oxygens (including phenoxy) is 2. The van der Waals surface area contributed by atoms with Crippen molar-refractivity contribution >= 4 is 45.1 Å². The molecule has 1 aliphatic rings. The average molecular weight is 629 g/mol. The highest BCUT2D eigenvalue weighted by Crippen LogP contribution is 2.38. The Hall–Kier alpha value is -3.09. The number of carbonyl (C=O) groups is 1. The number of nitrogens with zero attached hydrogens (tertiary/aromatic N) is 4. The van der Waals surface area contributed by atoms with Crippen molar-refractivity contribution in [3.63, 3.8) is 0 Å². The van der Waals surface area contributed by atoms with Gasteiger partial charge in [0.1, 0.15) is 17.5 Å². The van der Waals surface area contributed by atoms with Gasteiger partial charge in [0.2, 0.25) is 10.0 Å². The summed E-state index contributed by atoms with van der Waals surface area (Å²) >= 11 is 12.4. The van der Waals surface area contributed by atoms with E-state index in [1.807, 2.05) is 31.6 Å². The van der Waals surface area contributed by atoms with Crippen LogP contribution in [0.4, 0.5) is 15.0 Å². The van der Waals surface area contributed by atoms with E-state index in [0.29, 0.717) is 31.5 Å². The first-order valence-corrected chi connectivity index (χ1v) is 15.6.